The van der Waals surface area contributed by atoms with Crippen molar-refractivity contribution in [3.05, 3.63) is 47.5 Å². The van der Waals surface area contributed by atoms with Gasteiger partial charge in [-0.05, 0) is 36.8 Å². The summed E-state index contributed by atoms with van der Waals surface area (Å²) in [7, 11) is 1.72. The number of nitrogens with zero attached hydrogens (tertiary/aromatic N) is 1. The number of ether oxygens (including phenoxy) is 3. The molecule has 0 aliphatic carbocycles. The van der Waals surface area contributed by atoms with Crippen molar-refractivity contribution in [2.75, 3.05) is 32.7 Å². The van der Waals surface area contributed by atoms with Crippen LogP contribution in [0.2, 0.25) is 0 Å². The molecule has 7 nitrogen and oxygen atoms in total. The number of anilines is 1. The zero-order chi connectivity index (χ0) is 19.5. The molecule has 2 aromatic carbocycles. The van der Waals surface area contributed by atoms with Crippen molar-refractivity contribution in [3.8, 4) is 11.5 Å². The van der Waals surface area contributed by atoms with Gasteiger partial charge in [0.1, 0.15) is 0 Å². The molecule has 0 atom stereocenters. The maximum atomic E-state index is 13.0. The third kappa shape index (κ3) is 3.60. The van der Waals surface area contributed by atoms with Crippen LogP contribution < -0.4 is 13.8 Å². The Kier molecular flexibility index (Phi) is 5.76. The van der Waals surface area contributed by atoms with Crippen molar-refractivity contribution in [2.24, 2.45) is 0 Å². The molecule has 0 spiro atoms. The largest absolute Gasteiger partial charge is 0.493 e. The van der Waals surface area contributed by atoms with Crippen molar-refractivity contribution < 1.29 is 27.4 Å². The molecule has 0 unspecified atom stereocenters. The molecule has 0 saturated carbocycles. The van der Waals surface area contributed by atoms with Gasteiger partial charge in [0, 0.05) is 13.1 Å². The van der Waals surface area contributed by atoms with E-state index in [1.165, 1.54) is 52.6 Å². The Labute approximate surface area is 153 Å². The Morgan fingerprint density at radius 1 is 0.962 bits per heavy atom. The summed E-state index contributed by atoms with van der Waals surface area (Å²) >= 11 is 0. The molecular formula is C18H21NO6S. The van der Waals surface area contributed by atoms with Gasteiger partial charge >= 0.3 is 5.97 Å². The number of carbonyl (C=O) groups is 1. The number of hydrogen-bond donors (Lipinski definition) is 0. The molecule has 0 amide bonds. The molecule has 0 saturated heterocycles. The van der Waals surface area contributed by atoms with E-state index >= 15 is 0 Å². The minimum atomic E-state index is -3.88. The van der Waals surface area contributed by atoms with Crippen LogP contribution in [0.5, 0.6) is 11.5 Å². The van der Waals surface area contributed by atoms with Gasteiger partial charge in [-0.25, -0.2) is 13.2 Å². The van der Waals surface area contributed by atoms with Gasteiger partial charge in [-0.1, -0.05) is 6.07 Å². The summed E-state index contributed by atoms with van der Waals surface area (Å²) in [6, 6.07) is 9.09. The number of methoxy groups -OCH3 is 3. The fraction of sp³-hybridized carbons (Fsp3) is 0.278. The molecule has 0 bridgehead atoms. The highest BCUT2D eigenvalue weighted by atomic mass is 32.2. The molecule has 2 rings (SSSR count). The van der Waals surface area contributed by atoms with Crippen LogP contribution in [-0.2, 0) is 14.8 Å². The van der Waals surface area contributed by atoms with Gasteiger partial charge < -0.3 is 14.2 Å². The first-order valence-corrected chi connectivity index (χ1v) is 9.10. The molecule has 140 valence electrons. The highest BCUT2D eigenvalue weighted by molar-refractivity contribution is 7.92. The Morgan fingerprint density at radius 2 is 1.62 bits per heavy atom. The second kappa shape index (κ2) is 7.65. The minimum Gasteiger partial charge on any atom is -0.493 e. The predicted molar refractivity (Wildman–Crippen MR) is 97.7 cm³/mol. The lowest BCUT2D eigenvalue weighted by Gasteiger charge is -2.22. The molecule has 8 heteroatoms. The molecule has 0 radical (unpaired) electrons. The van der Waals surface area contributed by atoms with Crippen LogP contribution >= 0.6 is 0 Å². The van der Waals surface area contributed by atoms with Gasteiger partial charge in [0.05, 0.1) is 37.5 Å². The van der Waals surface area contributed by atoms with E-state index in [2.05, 4.69) is 0 Å². The lowest BCUT2D eigenvalue weighted by molar-refractivity contribution is 0.0600. The molecule has 26 heavy (non-hydrogen) atoms. The predicted octanol–water partition coefficient (Wildman–Crippen LogP) is 2.62. The van der Waals surface area contributed by atoms with Crippen molar-refractivity contribution >= 4 is 21.7 Å². The van der Waals surface area contributed by atoms with Crippen LogP contribution in [0.15, 0.2) is 41.3 Å². The Balaban J connectivity index is 2.51. The monoisotopic (exact) mass is 379 g/mol. The van der Waals surface area contributed by atoms with Crippen molar-refractivity contribution in [1.82, 2.24) is 0 Å². The number of esters is 1. The molecule has 0 aliphatic heterocycles. The van der Waals surface area contributed by atoms with Crippen molar-refractivity contribution in [1.29, 1.82) is 0 Å². The quantitative estimate of drug-likeness (QED) is 0.718. The van der Waals surface area contributed by atoms with E-state index in [-0.39, 0.29) is 10.5 Å². The highest BCUT2D eigenvalue weighted by Crippen LogP contribution is 2.32. The van der Waals surface area contributed by atoms with E-state index in [0.29, 0.717) is 22.7 Å². The highest BCUT2D eigenvalue weighted by Gasteiger charge is 2.25. The van der Waals surface area contributed by atoms with E-state index in [4.69, 9.17) is 14.2 Å². The summed E-state index contributed by atoms with van der Waals surface area (Å²) in [5.74, 6) is 0.197. The molecule has 2 aromatic rings. The van der Waals surface area contributed by atoms with E-state index < -0.39 is 16.0 Å². The lowest BCUT2D eigenvalue weighted by atomic mass is 10.1. The first-order chi connectivity index (χ1) is 12.3. The van der Waals surface area contributed by atoms with Crippen LogP contribution in [0, 0.1) is 6.92 Å². The van der Waals surface area contributed by atoms with Gasteiger partial charge in [-0.3, -0.25) is 4.31 Å². The van der Waals surface area contributed by atoms with E-state index in [1.54, 1.807) is 19.1 Å². The second-order valence-corrected chi connectivity index (χ2v) is 7.45. The van der Waals surface area contributed by atoms with E-state index in [0.717, 1.165) is 4.31 Å². The Morgan fingerprint density at radius 3 is 2.19 bits per heavy atom. The average Bonchev–Trinajstić information content (AvgIpc) is 2.66. The molecule has 0 heterocycles. The Bertz CT molecular complexity index is 923. The number of benzene rings is 2. The average molecular weight is 379 g/mol. The van der Waals surface area contributed by atoms with E-state index in [1.807, 2.05) is 0 Å². The Hall–Kier alpha value is -2.74. The van der Waals surface area contributed by atoms with Gasteiger partial charge in [-0.2, -0.15) is 0 Å². The summed E-state index contributed by atoms with van der Waals surface area (Å²) < 4.78 is 42.2. The standard InChI is InChI=1S/C18H21NO6S/c1-12-6-7-13(18(20)25-5)10-15(12)19(2)26(21,22)14-8-9-16(23-3)17(11-14)24-4/h6-11H,1-5H3. The van der Waals surface area contributed by atoms with Gasteiger partial charge in [0.25, 0.3) is 10.0 Å². The summed E-state index contributed by atoms with van der Waals surface area (Å²) in [4.78, 5) is 11.8. The first kappa shape index (κ1) is 19.6. The van der Waals surface area contributed by atoms with Gasteiger partial charge in [0.15, 0.2) is 11.5 Å². The normalized spacial score (nSPS) is 11.0. The van der Waals surface area contributed by atoms with Crippen LogP contribution in [-0.4, -0.2) is 42.8 Å². The maximum Gasteiger partial charge on any atom is 0.337 e. The molecular weight excluding hydrogens is 358 g/mol. The summed E-state index contributed by atoms with van der Waals surface area (Å²) in [5, 5.41) is 0. The molecule has 0 aliphatic rings. The number of carbonyl (C=O) groups excluding carboxylic acids is 1. The maximum absolute atomic E-state index is 13.0. The van der Waals surface area contributed by atoms with Crippen molar-refractivity contribution in [3.63, 3.8) is 0 Å². The zero-order valence-electron chi connectivity index (χ0n) is 15.3. The molecule has 0 N–H and O–H groups in total. The SMILES string of the molecule is COC(=O)c1ccc(C)c(N(C)S(=O)(=O)c2ccc(OC)c(OC)c2)c1. The number of rotatable bonds is 6. The number of sulfonamides is 1. The lowest BCUT2D eigenvalue weighted by Crippen LogP contribution is -2.27. The van der Waals surface area contributed by atoms with E-state index in [9.17, 15) is 13.2 Å². The fourth-order valence-electron chi connectivity index (χ4n) is 2.46. The molecule has 0 fully saturated rings. The third-order valence-corrected chi connectivity index (χ3v) is 5.75. The van der Waals surface area contributed by atoms with Crippen LogP contribution in [0.4, 0.5) is 5.69 Å². The molecule has 0 aromatic heterocycles. The van der Waals surface area contributed by atoms with Crippen LogP contribution in [0.25, 0.3) is 0 Å². The summed E-state index contributed by atoms with van der Waals surface area (Å²) in [6.07, 6.45) is 0. The third-order valence-electron chi connectivity index (χ3n) is 3.98. The minimum absolute atomic E-state index is 0.0421. The smallest absolute Gasteiger partial charge is 0.337 e. The van der Waals surface area contributed by atoms with Crippen molar-refractivity contribution in [2.45, 2.75) is 11.8 Å². The van der Waals surface area contributed by atoms with Crippen LogP contribution in [0.1, 0.15) is 15.9 Å². The number of hydrogen-bond acceptors (Lipinski definition) is 6. The first-order valence-electron chi connectivity index (χ1n) is 7.66. The zero-order valence-corrected chi connectivity index (χ0v) is 16.1. The second-order valence-electron chi connectivity index (χ2n) is 5.48. The topological polar surface area (TPSA) is 82.1 Å². The van der Waals surface area contributed by atoms with Gasteiger partial charge in [-0.15, -0.1) is 0 Å². The summed E-state index contributed by atoms with van der Waals surface area (Å²) in [6.45, 7) is 1.76. The summed E-state index contributed by atoms with van der Waals surface area (Å²) in [5.41, 5.74) is 1.34. The van der Waals surface area contributed by atoms with Gasteiger partial charge in [0.2, 0.25) is 0 Å². The fourth-order valence-corrected chi connectivity index (χ4v) is 3.73. The van der Waals surface area contributed by atoms with Crippen LogP contribution in [0.3, 0.4) is 0 Å². The number of aryl methyl sites for hydroxylation is 1.